The lowest BCUT2D eigenvalue weighted by Gasteiger charge is -2.03. The summed E-state index contributed by atoms with van der Waals surface area (Å²) in [4.78, 5) is 12.4. The fourth-order valence-electron chi connectivity index (χ4n) is 1.73. The molecule has 6 nitrogen and oxygen atoms in total. The number of aromatic nitrogens is 5. The summed E-state index contributed by atoms with van der Waals surface area (Å²) < 4.78 is 7.07. The van der Waals surface area contributed by atoms with E-state index in [0.717, 1.165) is 16.9 Å². The molecule has 0 fully saturated rings. The zero-order valence-corrected chi connectivity index (χ0v) is 12.0. The number of ether oxygens (including phenoxy) is 1. The average Bonchev–Trinajstić information content (AvgIpc) is 2.97. The molecular weight excluding hydrogens is 290 g/mol. The van der Waals surface area contributed by atoms with Gasteiger partial charge in [-0.3, -0.25) is 0 Å². The van der Waals surface area contributed by atoms with Gasteiger partial charge in [0.2, 0.25) is 0 Å². The first-order valence-corrected chi connectivity index (χ1v) is 6.83. The number of halogens is 1. The van der Waals surface area contributed by atoms with Gasteiger partial charge in [-0.2, -0.15) is 9.97 Å². The number of alkyl halides is 1. The van der Waals surface area contributed by atoms with Gasteiger partial charge in [0.1, 0.15) is 6.33 Å². The topological polar surface area (TPSA) is 65.7 Å². The number of nitrogens with zero attached hydrogens (tertiary/aromatic N) is 5. The van der Waals surface area contributed by atoms with Crippen LogP contribution in [-0.4, -0.2) is 24.7 Å². The Labute approximate surface area is 126 Å². The summed E-state index contributed by atoms with van der Waals surface area (Å²) in [5.74, 6) is 0.368. The maximum Gasteiger partial charge on any atom is 0.343 e. The fourth-order valence-corrected chi connectivity index (χ4v) is 1.99. The second-order valence-electron chi connectivity index (χ2n) is 4.31. The van der Waals surface area contributed by atoms with Crippen LogP contribution in [0.25, 0.3) is 5.69 Å². The van der Waals surface area contributed by atoms with Crippen LogP contribution in [0.15, 0.2) is 42.9 Å². The van der Waals surface area contributed by atoms with E-state index in [9.17, 15) is 0 Å². The lowest BCUT2D eigenvalue weighted by atomic mass is 10.3. The van der Waals surface area contributed by atoms with E-state index >= 15 is 0 Å². The second-order valence-corrected chi connectivity index (χ2v) is 4.57. The van der Waals surface area contributed by atoms with Crippen molar-refractivity contribution in [1.82, 2.24) is 24.7 Å². The minimum absolute atomic E-state index is 0.192. The predicted octanol–water partition coefficient (Wildman–Crippen LogP) is 2.90. The number of rotatable bonds is 4. The Bertz CT molecular complexity index is 744. The van der Waals surface area contributed by atoms with Crippen molar-refractivity contribution in [2.45, 2.75) is 12.8 Å². The van der Waals surface area contributed by atoms with Crippen molar-refractivity contribution in [2.24, 2.45) is 0 Å². The molecule has 0 radical (unpaired) electrons. The van der Waals surface area contributed by atoms with Crippen LogP contribution >= 0.6 is 11.6 Å². The molecule has 0 N–H and O–H groups in total. The number of aryl methyl sites for hydroxylation is 1. The monoisotopic (exact) mass is 301 g/mol. The van der Waals surface area contributed by atoms with Gasteiger partial charge in [0.25, 0.3) is 0 Å². The number of hydrogen-bond donors (Lipinski definition) is 0. The van der Waals surface area contributed by atoms with Crippen molar-refractivity contribution in [1.29, 1.82) is 0 Å². The van der Waals surface area contributed by atoms with Crippen LogP contribution in [0.4, 0.5) is 0 Å². The Balaban J connectivity index is 1.80. The smallest absolute Gasteiger partial charge is 0.343 e. The van der Waals surface area contributed by atoms with E-state index in [1.807, 2.05) is 37.3 Å². The molecule has 0 saturated heterocycles. The van der Waals surface area contributed by atoms with Gasteiger partial charge in [0, 0.05) is 17.5 Å². The molecule has 0 saturated carbocycles. The third-order valence-corrected chi connectivity index (χ3v) is 3.16. The number of benzene rings is 1. The zero-order chi connectivity index (χ0) is 14.7. The van der Waals surface area contributed by atoms with Crippen LogP contribution in [0, 0.1) is 6.92 Å². The average molecular weight is 302 g/mol. The van der Waals surface area contributed by atoms with Gasteiger partial charge in [-0.1, -0.05) is 18.2 Å². The molecule has 0 amide bonds. The van der Waals surface area contributed by atoms with Gasteiger partial charge in [-0.15, -0.1) is 16.7 Å². The number of para-hydroxylation sites is 1. The molecule has 0 unspecified atom stereocenters. The number of hydrogen-bond acceptors (Lipinski definition) is 5. The SMILES string of the molecule is Cc1nc(Oc2ncn(-c3ccccc3)n2)ncc1CCl. The Morgan fingerprint density at radius 1 is 1.14 bits per heavy atom. The van der Waals surface area contributed by atoms with E-state index in [4.69, 9.17) is 16.3 Å². The van der Waals surface area contributed by atoms with Gasteiger partial charge in [0.15, 0.2) is 0 Å². The molecule has 2 heterocycles. The van der Waals surface area contributed by atoms with E-state index in [1.165, 1.54) is 0 Å². The van der Waals surface area contributed by atoms with Gasteiger partial charge in [-0.05, 0) is 19.1 Å². The van der Waals surface area contributed by atoms with E-state index in [2.05, 4.69) is 20.1 Å². The molecule has 0 aliphatic heterocycles. The summed E-state index contributed by atoms with van der Waals surface area (Å²) >= 11 is 5.77. The second kappa shape index (κ2) is 5.88. The van der Waals surface area contributed by atoms with Gasteiger partial charge in [0.05, 0.1) is 11.6 Å². The predicted molar refractivity (Wildman–Crippen MR) is 77.8 cm³/mol. The third kappa shape index (κ3) is 3.00. The minimum Gasteiger partial charge on any atom is -0.387 e. The van der Waals surface area contributed by atoms with Crippen LogP contribution in [0.1, 0.15) is 11.3 Å². The summed E-state index contributed by atoms with van der Waals surface area (Å²) in [5.41, 5.74) is 2.54. The van der Waals surface area contributed by atoms with Crippen LogP contribution < -0.4 is 4.74 Å². The van der Waals surface area contributed by atoms with Crippen molar-refractivity contribution < 1.29 is 4.74 Å². The highest BCUT2D eigenvalue weighted by Crippen LogP contribution is 2.16. The van der Waals surface area contributed by atoms with Crippen molar-refractivity contribution in [3.05, 3.63) is 54.1 Å². The molecule has 0 aliphatic carbocycles. The highest BCUT2D eigenvalue weighted by molar-refractivity contribution is 6.17. The van der Waals surface area contributed by atoms with Crippen LogP contribution in [-0.2, 0) is 5.88 Å². The molecule has 3 aromatic rings. The fraction of sp³-hybridized carbons (Fsp3) is 0.143. The largest absolute Gasteiger partial charge is 0.387 e. The highest BCUT2D eigenvalue weighted by Gasteiger charge is 2.08. The molecule has 0 aliphatic rings. The molecular formula is C14H12ClN5O. The van der Waals surface area contributed by atoms with Crippen molar-refractivity contribution in [2.75, 3.05) is 0 Å². The van der Waals surface area contributed by atoms with Gasteiger partial charge in [-0.25, -0.2) is 9.67 Å². The Kier molecular flexibility index (Phi) is 3.79. The summed E-state index contributed by atoms with van der Waals surface area (Å²) in [5, 5.41) is 4.23. The van der Waals surface area contributed by atoms with E-state index in [0.29, 0.717) is 5.88 Å². The Hall–Kier alpha value is -2.47. The van der Waals surface area contributed by atoms with Crippen LogP contribution in [0.3, 0.4) is 0 Å². The van der Waals surface area contributed by atoms with E-state index < -0.39 is 0 Å². The normalized spacial score (nSPS) is 10.6. The molecule has 0 spiro atoms. The summed E-state index contributed by atoms with van der Waals surface area (Å²) in [6.07, 6.45) is 3.21. The third-order valence-electron chi connectivity index (χ3n) is 2.88. The van der Waals surface area contributed by atoms with Crippen molar-refractivity contribution in [3.8, 4) is 17.7 Å². The molecule has 3 rings (SSSR count). The van der Waals surface area contributed by atoms with Gasteiger partial charge >= 0.3 is 12.0 Å². The highest BCUT2D eigenvalue weighted by atomic mass is 35.5. The lowest BCUT2D eigenvalue weighted by Crippen LogP contribution is -1.99. The standard InChI is InChI=1S/C14H12ClN5O/c1-10-11(7-15)8-16-13(18-10)21-14-17-9-20(19-14)12-5-3-2-4-6-12/h2-6,8-9H,7H2,1H3. The quantitative estimate of drug-likeness (QED) is 0.693. The molecule has 1 aromatic carbocycles. The molecule has 0 atom stereocenters. The van der Waals surface area contributed by atoms with Gasteiger partial charge < -0.3 is 4.74 Å². The minimum atomic E-state index is 0.192. The molecule has 7 heteroatoms. The molecule has 106 valence electrons. The molecule has 2 aromatic heterocycles. The first kappa shape index (κ1) is 13.5. The maximum atomic E-state index is 5.77. The summed E-state index contributed by atoms with van der Waals surface area (Å²) in [6, 6.07) is 10.0. The van der Waals surface area contributed by atoms with Crippen molar-refractivity contribution in [3.63, 3.8) is 0 Å². The zero-order valence-electron chi connectivity index (χ0n) is 11.3. The lowest BCUT2D eigenvalue weighted by molar-refractivity contribution is 0.405. The van der Waals surface area contributed by atoms with Crippen LogP contribution in [0.2, 0.25) is 0 Å². The van der Waals surface area contributed by atoms with Crippen molar-refractivity contribution >= 4 is 11.6 Å². The maximum absolute atomic E-state index is 5.77. The Morgan fingerprint density at radius 2 is 1.95 bits per heavy atom. The molecule has 0 bridgehead atoms. The first-order chi connectivity index (χ1) is 10.3. The summed E-state index contributed by atoms with van der Waals surface area (Å²) in [6.45, 7) is 1.85. The van der Waals surface area contributed by atoms with E-state index in [1.54, 1.807) is 17.2 Å². The van der Waals surface area contributed by atoms with E-state index in [-0.39, 0.29) is 12.0 Å². The molecule has 21 heavy (non-hydrogen) atoms. The first-order valence-electron chi connectivity index (χ1n) is 6.29. The Morgan fingerprint density at radius 3 is 2.67 bits per heavy atom. The van der Waals surface area contributed by atoms with Crippen LogP contribution in [0.5, 0.6) is 12.0 Å². The summed E-state index contributed by atoms with van der Waals surface area (Å²) in [7, 11) is 0.